The van der Waals surface area contributed by atoms with E-state index in [2.05, 4.69) is 116 Å². The molecule has 0 amide bonds. The highest BCUT2D eigenvalue weighted by molar-refractivity contribution is 7.19. The summed E-state index contributed by atoms with van der Waals surface area (Å²) in [5.41, 5.74) is 10.6. The quantitative estimate of drug-likeness (QED) is 0.226. The summed E-state index contributed by atoms with van der Waals surface area (Å²) in [5, 5.41) is 3.80. The van der Waals surface area contributed by atoms with Gasteiger partial charge >= 0.3 is 0 Å². The summed E-state index contributed by atoms with van der Waals surface area (Å²) < 4.78 is 7.55. The second-order valence-corrected chi connectivity index (χ2v) is 13.7. The van der Waals surface area contributed by atoms with Gasteiger partial charge in [-0.05, 0) is 90.3 Å². The van der Waals surface area contributed by atoms with Gasteiger partial charge in [-0.15, -0.1) is 11.3 Å². The van der Waals surface area contributed by atoms with E-state index in [0.29, 0.717) is 5.92 Å². The van der Waals surface area contributed by atoms with E-state index in [9.17, 15) is 0 Å². The van der Waals surface area contributed by atoms with E-state index in [4.69, 9.17) is 9.40 Å². The van der Waals surface area contributed by atoms with Crippen LogP contribution >= 0.6 is 11.3 Å². The van der Waals surface area contributed by atoms with E-state index in [1.165, 1.54) is 59.1 Å². The van der Waals surface area contributed by atoms with Crippen LogP contribution in [0.15, 0.2) is 65.1 Å². The predicted molar refractivity (Wildman–Crippen MR) is 169 cm³/mol. The Morgan fingerprint density at radius 1 is 0.872 bits per heavy atom. The molecule has 0 N–H and O–H groups in total. The van der Waals surface area contributed by atoms with E-state index in [1.807, 2.05) is 11.3 Å². The molecule has 0 aliphatic carbocycles. The van der Waals surface area contributed by atoms with Crippen molar-refractivity contribution in [2.75, 3.05) is 0 Å². The molecule has 3 heteroatoms. The number of thiophene rings is 1. The number of fused-ring (bicyclic) bond motifs is 3. The molecule has 2 nitrogen and oxygen atoms in total. The minimum Gasteiger partial charge on any atom is -0.461 e. The van der Waals surface area contributed by atoms with Gasteiger partial charge in [0.25, 0.3) is 0 Å². The normalized spacial score (nSPS) is 12.4. The van der Waals surface area contributed by atoms with Crippen LogP contribution in [0.4, 0.5) is 0 Å². The number of benzene rings is 3. The molecule has 0 aliphatic heterocycles. The lowest BCUT2D eigenvalue weighted by atomic mass is 9.82. The van der Waals surface area contributed by atoms with Crippen molar-refractivity contribution < 1.29 is 4.42 Å². The molecule has 0 saturated carbocycles. The summed E-state index contributed by atoms with van der Waals surface area (Å²) in [6.45, 7) is 17.9. The molecule has 0 saturated heterocycles. The first-order valence-corrected chi connectivity index (χ1v) is 14.8. The van der Waals surface area contributed by atoms with Crippen LogP contribution in [0.1, 0.15) is 61.9 Å². The molecule has 6 rings (SSSR count). The van der Waals surface area contributed by atoms with Crippen molar-refractivity contribution in [3.63, 3.8) is 0 Å². The largest absolute Gasteiger partial charge is 0.461 e. The molecule has 0 radical (unpaired) electrons. The van der Waals surface area contributed by atoms with Crippen molar-refractivity contribution in [1.82, 2.24) is 4.98 Å². The molecular formula is C36H37NOS. The summed E-state index contributed by atoms with van der Waals surface area (Å²) in [7, 11) is 0. The second kappa shape index (κ2) is 9.34. The highest BCUT2D eigenvalue weighted by Gasteiger charge is 2.21. The third-order valence-electron chi connectivity index (χ3n) is 8.00. The maximum absolute atomic E-state index is 6.31. The molecule has 0 bridgehead atoms. The number of aromatic nitrogens is 1. The minimum absolute atomic E-state index is 0.0211. The summed E-state index contributed by atoms with van der Waals surface area (Å²) >= 11 is 1.84. The Hall–Kier alpha value is -3.43. The van der Waals surface area contributed by atoms with E-state index in [0.717, 1.165) is 29.0 Å². The van der Waals surface area contributed by atoms with E-state index in [-0.39, 0.29) is 5.41 Å². The van der Waals surface area contributed by atoms with Crippen LogP contribution in [-0.2, 0) is 11.8 Å². The molecule has 198 valence electrons. The van der Waals surface area contributed by atoms with Crippen molar-refractivity contribution in [1.29, 1.82) is 0 Å². The van der Waals surface area contributed by atoms with E-state index in [1.54, 1.807) is 0 Å². The monoisotopic (exact) mass is 531 g/mol. The van der Waals surface area contributed by atoms with Crippen LogP contribution < -0.4 is 0 Å². The Morgan fingerprint density at radius 3 is 2.38 bits per heavy atom. The lowest BCUT2D eigenvalue weighted by Crippen LogP contribution is -2.12. The zero-order valence-electron chi connectivity index (χ0n) is 24.3. The van der Waals surface area contributed by atoms with Gasteiger partial charge in [-0.2, -0.15) is 0 Å². The van der Waals surface area contributed by atoms with Gasteiger partial charge in [-0.3, -0.25) is 0 Å². The predicted octanol–water partition coefficient (Wildman–Crippen LogP) is 11.0. The molecule has 0 spiro atoms. The van der Waals surface area contributed by atoms with Crippen molar-refractivity contribution in [3.8, 4) is 22.4 Å². The van der Waals surface area contributed by atoms with Crippen molar-refractivity contribution in [2.24, 2.45) is 5.92 Å². The van der Waals surface area contributed by atoms with Crippen LogP contribution in [0.5, 0.6) is 0 Å². The highest BCUT2D eigenvalue weighted by atomic mass is 32.1. The van der Waals surface area contributed by atoms with Gasteiger partial charge in [-0.1, -0.05) is 71.0 Å². The number of aryl methyl sites for hydroxylation is 3. The minimum atomic E-state index is 0.0211. The SMILES string of the molecule is Cc1oc2cc(-c3cc(-c4cc(C(C)(C)C)c5ccccc5c4)nc4c(C)c(C)sc34)ccc2c1CC(C)C. The van der Waals surface area contributed by atoms with Crippen molar-refractivity contribution >= 4 is 43.3 Å². The Morgan fingerprint density at radius 2 is 1.64 bits per heavy atom. The number of hydrogen-bond acceptors (Lipinski definition) is 3. The van der Waals surface area contributed by atoms with Crippen LogP contribution in [-0.4, -0.2) is 4.98 Å². The molecule has 6 aromatic rings. The molecule has 3 aromatic carbocycles. The highest BCUT2D eigenvalue weighted by Crippen LogP contribution is 2.42. The van der Waals surface area contributed by atoms with Crippen LogP contribution in [0.25, 0.3) is 54.3 Å². The second-order valence-electron chi connectivity index (χ2n) is 12.5. The molecule has 39 heavy (non-hydrogen) atoms. The third kappa shape index (κ3) is 4.47. The number of pyridine rings is 1. The van der Waals surface area contributed by atoms with Gasteiger partial charge in [0.1, 0.15) is 11.3 Å². The first-order chi connectivity index (χ1) is 18.5. The average molecular weight is 532 g/mol. The first kappa shape index (κ1) is 25.8. The molecule has 3 heterocycles. The van der Waals surface area contributed by atoms with Gasteiger partial charge in [0.2, 0.25) is 0 Å². The smallest absolute Gasteiger partial charge is 0.135 e. The van der Waals surface area contributed by atoms with Gasteiger partial charge in [-0.25, -0.2) is 4.98 Å². The summed E-state index contributed by atoms with van der Waals surface area (Å²) in [5.74, 6) is 1.62. The molecule has 0 atom stereocenters. The zero-order chi connectivity index (χ0) is 27.6. The Balaban J connectivity index is 1.60. The number of nitrogens with zero attached hydrogens (tertiary/aromatic N) is 1. The fourth-order valence-electron chi connectivity index (χ4n) is 5.83. The Kier molecular flexibility index (Phi) is 6.19. The van der Waals surface area contributed by atoms with Crippen LogP contribution in [0.3, 0.4) is 0 Å². The zero-order valence-corrected chi connectivity index (χ0v) is 25.1. The summed E-state index contributed by atoms with van der Waals surface area (Å²) in [4.78, 5) is 6.60. The number of hydrogen-bond donors (Lipinski definition) is 0. The Bertz CT molecular complexity index is 1880. The average Bonchev–Trinajstić information content (AvgIpc) is 3.36. The fraction of sp³-hybridized carbons (Fsp3) is 0.306. The van der Waals surface area contributed by atoms with Gasteiger partial charge in [0.15, 0.2) is 0 Å². The number of rotatable bonds is 4. The molecular weight excluding hydrogens is 494 g/mol. The van der Waals surface area contributed by atoms with Crippen LogP contribution in [0, 0.1) is 26.7 Å². The van der Waals surface area contributed by atoms with Gasteiger partial charge < -0.3 is 4.42 Å². The molecule has 3 aromatic heterocycles. The lowest BCUT2D eigenvalue weighted by Gasteiger charge is -2.23. The summed E-state index contributed by atoms with van der Waals surface area (Å²) in [6, 6.07) is 22.4. The van der Waals surface area contributed by atoms with E-state index < -0.39 is 0 Å². The van der Waals surface area contributed by atoms with E-state index >= 15 is 0 Å². The third-order valence-corrected chi connectivity index (χ3v) is 9.22. The maximum Gasteiger partial charge on any atom is 0.135 e. The van der Waals surface area contributed by atoms with Gasteiger partial charge in [0, 0.05) is 27.0 Å². The molecule has 0 aliphatic rings. The molecule has 0 unspecified atom stereocenters. The van der Waals surface area contributed by atoms with Gasteiger partial charge in [0.05, 0.1) is 15.9 Å². The Labute approximate surface area is 235 Å². The fourth-order valence-corrected chi connectivity index (χ4v) is 6.97. The summed E-state index contributed by atoms with van der Waals surface area (Å²) in [6.07, 6.45) is 1.03. The first-order valence-electron chi connectivity index (χ1n) is 14.0. The standard InChI is InChI=1S/C36H37NOS/c1-20(2)15-29-22(4)38-33-18-25(13-14-28(29)33)30-19-32(37-34-21(3)23(5)39-35(30)34)26-16-24-11-9-10-12-27(24)31(17-26)36(6,7)8/h9-14,16-20H,15H2,1-8H3. The van der Waals surface area contributed by atoms with Crippen molar-refractivity contribution in [2.45, 2.75) is 67.2 Å². The van der Waals surface area contributed by atoms with Crippen molar-refractivity contribution in [3.05, 3.63) is 88.0 Å². The number of furan rings is 1. The topological polar surface area (TPSA) is 26.0 Å². The van der Waals surface area contributed by atoms with Crippen LogP contribution in [0.2, 0.25) is 0 Å². The molecule has 0 fully saturated rings. The maximum atomic E-state index is 6.31. The lowest BCUT2D eigenvalue weighted by molar-refractivity contribution is 0.560.